The number of likely N-dealkylation sites (tertiary alicyclic amines) is 1. The van der Waals surface area contributed by atoms with Crippen molar-refractivity contribution in [2.24, 2.45) is 5.92 Å². The zero-order valence-electron chi connectivity index (χ0n) is 13.3. The van der Waals surface area contributed by atoms with Crippen LogP contribution in [0.2, 0.25) is 5.02 Å². The van der Waals surface area contributed by atoms with Gasteiger partial charge in [0.15, 0.2) is 0 Å². The number of aromatic hydroxyl groups is 1. The van der Waals surface area contributed by atoms with Crippen LogP contribution in [-0.2, 0) is 11.3 Å². The SMILES string of the molecule is O=C(c1ccc(O)c(Cl)c1)N1CC[C@H](COCc2ccccc2)C1. The molecular formula is C19H20ClNO3. The Hall–Kier alpha value is -2.04. The van der Waals surface area contributed by atoms with E-state index < -0.39 is 0 Å². The van der Waals surface area contributed by atoms with E-state index in [4.69, 9.17) is 16.3 Å². The first-order valence-corrected chi connectivity index (χ1v) is 8.41. The van der Waals surface area contributed by atoms with Crippen molar-refractivity contribution >= 4 is 17.5 Å². The molecule has 24 heavy (non-hydrogen) atoms. The minimum atomic E-state index is -0.0533. The summed E-state index contributed by atoms with van der Waals surface area (Å²) in [5.41, 5.74) is 1.66. The van der Waals surface area contributed by atoms with Gasteiger partial charge < -0.3 is 14.7 Å². The lowest BCUT2D eigenvalue weighted by atomic mass is 10.1. The van der Waals surface area contributed by atoms with Gasteiger partial charge >= 0.3 is 0 Å². The minimum Gasteiger partial charge on any atom is -0.506 e. The molecule has 1 aliphatic heterocycles. The number of phenolic OH excluding ortho intramolecular Hbond substituents is 1. The Kier molecular flexibility index (Phi) is 5.38. The molecule has 0 aliphatic carbocycles. The van der Waals surface area contributed by atoms with Gasteiger partial charge in [-0.1, -0.05) is 41.9 Å². The molecule has 3 rings (SSSR count). The quantitative estimate of drug-likeness (QED) is 0.898. The number of rotatable bonds is 5. The average molecular weight is 346 g/mol. The van der Waals surface area contributed by atoms with Crippen molar-refractivity contribution in [1.29, 1.82) is 0 Å². The second-order valence-electron chi connectivity index (χ2n) is 6.07. The third kappa shape index (κ3) is 4.08. The van der Waals surface area contributed by atoms with Crippen LogP contribution in [0.5, 0.6) is 5.75 Å². The fourth-order valence-corrected chi connectivity index (χ4v) is 3.07. The number of nitrogens with zero attached hydrogens (tertiary/aromatic N) is 1. The van der Waals surface area contributed by atoms with Gasteiger partial charge in [-0.2, -0.15) is 0 Å². The summed E-state index contributed by atoms with van der Waals surface area (Å²) in [4.78, 5) is 14.3. The Morgan fingerprint density at radius 3 is 2.79 bits per heavy atom. The predicted molar refractivity (Wildman–Crippen MR) is 93.2 cm³/mol. The molecule has 0 radical (unpaired) electrons. The van der Waals surface area contributed by atoms with Gasteiger partial charge in [-0.25, -0.2) is 0 Å². The maximum atomic E-state index is 12.5. The van der Waals surface area contributed by atoms with Gasteiger partial charge in [0.2, 0.25) is 0 Å². The van der Waals surface area contributed by atoms with E-state index >= 15 is 0 Å². The highest BCUT2D eigenvalue weighted by Gasteiger charge is 2.27. The monoisotopic (exact) mass is 345 g/mol. The molecule has 0 spiro atoms. The summed E-state index contributed by atoms with van der Waals surface area (Å²) < 4.78 is 5.78. The summed E-state index contributed by atoms with van der Waals surface area (Å²) in [6.07, 6.45) is 0.937. The summed E-state index contributed by atoms with van der Waals surface area (Å²) in [5.74, 6) is 0.287. The highest BCUT2D eigenvalue weighted by Crippen LogP contribution is 2.26. The number of carbonyl (C=O) groups excluding carboxylic acids is 1. The van der Waals surface area contributed by atoms with Crippen LogP contribution in [0.25, 0.3) is 0 Å². The summed E-state index contributed by atoms with van der Waals surface area (Å²) in [6.45, 7) is 2.65. The van der Waals surface area contributed by atoms with Crippen molar-refractivity contribution in [3.63, 3.8) is 0 Å². The van der Waals surface area contributed by atoms with E-state index in [1.807, 2.05) is 35.2 Å². The van der Waals surface area contributed by atoms with Crippen LogP contribution < -0.4 is 0 Å². The van der Waals surface area contributed by atoms with Gasteiger partial charge in [0.1, 0.15) is 5.75 Å². The van der Waals surface area contributed by atoms with E-state index in [9.17, 15) is 9.90 Å². The standard InChI is InChI=1S/C19H20ClNO3/c20-17-10-16(6-7-18(17)22)19(23)21-9-8-15(11-21)13-24-12-14-4-2-1-3-5-14/h1-7,10,15,22H,8-9,11-13H2/t15-/m0/s1. The lowest BCUT2D eigenvalue weighted by Crippen LogP contribution is -2.29. The van der Waals surface area contributed by atoms with Gasteiger partial charge in [-0.15, -0.1) is 0 Å². The number of carbonyl (C=O) groups is 1. The molecule has 1 atom stereocenters. The summed E-state index contributed by atoms with van der Waals surface area (Å²) in [6, 6.07) is 14.6. The summed E-state index contributed by atoms with van der Waals surface area (Å²) in [7, 11) is 0. The highest BCUT2D eigenvalue weighted by molar-refractivity contribution is 6.32. The molecule has 0 saturated carbocycles. The topological polar surface area (TPSA) is 49.8 Å². The van der Waals surface area contributed by atoms with E-state index in [1.165, 1.54) is 12.1 Å². The van der Waals surface area contributed by atoms with Gasteiger partial charge in [-0.3, -0.25) is 4.79 Å². The van der Waals surface area contributed by atoms with E-state index in [1.54, 1.807) is 6.07 Å². The normalized spacial score (nSPS) is 17.2. The molecular weight excluding hydrogens is 326 g/mol. The molecule has 2 aromatic carbocycles. The number of phenols is 1. The van der Waals surface area contributed by atoms with Crippen molar-refractivity contribution in [3.8, 4) is 5.75 Å². The predicted octanol–water partition coefficient (Wildman–Crippen LogP) is 3.72. The molecule has 1 amide bonds. The average Bonchev–Trinajstić information content (AvgIpc) is 3.06. The van der Waals surface area contributed by atoms with Crippen LogP contribution in [0.15, 0.2) is 48.5 Å². The first kappa shape index (κ1) is 16.8. The Balaban J connectivity index is 1.49. The van der Waals surface area contributed by atoms with Crippen molar-refractivity contribution in [2.45, 2.75) is 13.0 Å². The fraction of sp³-hybridized carbons (Fsp3) is 0.316. The van der Waals surface area contributed by atoms with E-state index in [0.717, 1.165) is 18.5 Å². The van der Waals surface area contributed by atoms with Crippen LogP contribution in [0.4, 0.5) is 0 Å². The lowest BCUT2D eigenvalue weighted by Gasteiger charge is -2.17. The fourth-order valence-electron chi connectivity index (χ4n) is 2.89. The maximum absolute atomic E-state index is 12.5. The van der Waals surface area contributed by atoms with Crippen LogP contribution in [-0.4, -0.2) is 35.6 Å². The molecule has 1 heterocycles. The first-order chi connectivity index (χ1) is 11.6. The van der Waals surface area contributed by atoms with Crippen LogP contribution in [0.3, 0.4) is 0 Å². The highest BCUT2D eigenvalue weighted by atomic mass is 35.5. The minimum absolute atomic E-state index is 0.0122. The van der Waals surface area contributed by atoms with E-state index in [0.29, 0.717) is 31.2 Å². The molecule has 1 N–H and O–H groups in total. The molecule has 4 nitrogen and oxygen atoms in total. The Labute approximate surface area is 146 Å². The largest absolute Gasteiger partial charge is 0.506 e. The second kappa shape index (κ2) is 7.69. The first-order valence-electron chi connectivity index (χ1n) is 8.03. The van der Waals surface area contributed by atoms with Crippen LogP contribution >= 0.6 is 11.6 Å². The number of halogens is 1. The molecule has 5 heteroatoms. The number of hydrogen-bond acceptors (Lipinski definition) is 3. The number of benzene rings is 2. The third-order valence-corrected chi connectivity index (χ3v) is 4.54. The number of ether oxygens (including phenoxy) is 1. The second-order valence-corrected chi connectivity index (χ2v) is 6.48. The maximum Gasteiger partial charge on any atom is 0.253 e. The summed E-state index contributed by atoms with van der Waals surface area (Å²) in [5, 5.41) is 9.65. The van der Waals surface area contributed by atoms with Crippen molar-refractivity contribution in [2.75, 3.05) is 19.7 Å². The zero-order chi connectivity index (χ0) is 16.9. The molecule has 126 valence electrons. The lowest BCUT2D eigenvalue weighted by molar-refractivity contribution is 0.0733. The molecule has 0 unspecified atom stereocenters. The Morgan fingerprint density at radius 1 is 1.25 bits per heavy atom. The van der Waals surface area contributed by atoms with Crippen LogP contribution in [0.1, 0.15) is 22.3 Å². The van der Waals surface area contributed by atoms with E-state index in [2.05, 4.69) is 0 Å². The van der Waals surface area contributed by atoms with Crippen molar-refractivity contribution in [1.82, 2.24) is 4.90 Å². The third-order valence-electron chi connectivity index (χ3n) is 4.23. The smallest absolute Gasteiger partial charge is 0.253 e. The van der Waals surface area contributed by atoms with E-state index in [-0.39, 0.29) is 16.7 Å². The van der Waals surface area contributed by atoms with Crippen molar-refractivity contribution < 1.29 is 14.6 Å². The van der Waals surface area contributed by atoms with Gasteiger partial charge in [0, 0.05) is 24.6 Å². The number of hydrogen-bond donors (Lipinski definition) is 1. The zero-order valence-corrected chi connectivity index (χ0v) is 14.1. The summed E-state index contributed by atoms with van der Waals surface area (Å²) >= 11 is 5.88. The molecule has 1 aliphatic rings. The number of amides is 1. The van der Waals surface area contributed by atoms with Gasteiger partial charge in [0.25, 0.3) is 5.91 Å². The molecule has 1 fully saturated rings. The van der Waals surface area contributed by atoms with Crippen LogP contribution in [0, 0.1) is 5.92 Å². The molecule has 0 bridgehead atoms. The Morgan fingerprint density at radius 2 is 2.04 bits per heavy atom. The molecule has 1 saturated heterocycles. The van der Waals surface area contributed by atoms with Crippen molar-refractivity contribution in [3.05, 3.63) is 64.7 Å². The molecule has 0 aromatic heterocycles. The van der Waals surface area contributed by atoms with Gasteiger partial charge in [-0.05, 0) is 30.2 Å². The molecule has 2 aromatic rings. The Bertz CT molecular complexity index is 705. The van der Waals surface area contributed by atoms with Gasteiger partial charge in [0.05, 0.1) is 18.2 Å².